The van der Waals surface area contributed by atoms with Gasteiger partial charge in [0.1, 0.15) is 17.6 Å². The number of ether oxygens (including phenoxy) is 2. The van der Waals surface area contributed by atoms with Gasteiger partial charge in [0, 0.05) is 6.92 Å². The van der Waals surface area contributed by atoms with Gasteiger partial charge in [0.2, 0.25) is 0 Å². The molecule has 0 aromatic heterocycles. The van der Waals surface area contributed by atoms with Gasteiger partial charge >= 0.3 is 5.97 Å². The van der Waals surface area contributed by atoms with Gasteiger partial charge in [-0.1, -0.05) is 43.7 Å². The zero-order valence-corrected chi connectivity index (χ0v) is 19.1. The summed E-state index contributed by atoms with van der Waals surface area (Å²) >= 11 is 0. The van der Waals surface area contributed by atoms with Crippen LogP contribution in [-0.4, -0.2) is 5.97 Å². The van der Waals surface area contributed by atoms with Crippen molar-refractivity contribution in [2.24, 2.45) is 0 Å². The molecule has 3 aromatic carbocycles. The van der Waals surface area contributed by atoms with Crippen LogP contribution in [0.1, 0.15) is 61.5 Å². The smallest absolute Gasteiger partial charge is 0.308 e. The summed E-state index contributed by atoms with van der Waals surface area (Å²) in [4.78, 5) is 11.3. The molecule has 0 aliphatic carbocycles. The van der Waals surface area contributed by atoms with Gasteiger partial charge in [-0.25, -0.2) is 0 Å². The van der Waals surface area contributed by atoms with Crippen LogP contribution >= 0.6 is 0 Å². The average molecular weight is 428 g/mol. The molecule has 0 saturated carbocycles. The number of hydrogen-bond donors (Lipinski definition) is 0. The fourth-order valence-corrected chi connectivity index (χ4v) is 3.84. The van der Waals surface area contributed by atoms with Gasteiger partial charge in [-0.05, 0) is 84.8 Å². The van der Waals surface area contributed by atoms with E-state index in [1.807, 2.05) is 43.3 Å². The molecule has 4 heteroatoms. The topological polar surface area (TPSA) is 59.3 Å². The molecule has 0 radical (unpaired) electrons. The molecule has 0 fully saturated rings. The van der Waals surface area contributed by atoms with E-state index < -0.39 is 0 Å². The van der Waals surface area contributed by atoms with Crippen molar-refractivity contribution in [1.82, 2.24) is 0 Å². The summed E-state index contributed by atoms with van der Waals surface area (Å²) in [6, 6.07) is 21.7. The first-order valence-corrected chi connectivity index (χ1v) is 11.0. The number of aryl methyl sites for hydroxylation is 1. The molecule has 32 heavy (non-hydrogen) atoms. The van der Waals surface area contributed by atoms with E-state index in [4.69, 9.17) is 14.7 Å². The highest BCUT2D eigenvalue weighted by atomic mass is 16.5. The van der Waals surface area contributed by atoms with E-state index in [0.29, 0.717) is 11.3 Å². The van der Waals surface area contributed by atoms with E-state index >= 15 is 0 Å². The van der Waals surface area contributed by atoms with Crippen LogP contribution in [0.4, 0.5) is 0 Å². The molecule has 1 atom stereocenters. The first-order chi connectivity index (χ1) is 15.4. The summed E-state index contributed by atoms with van der Waals surface area (Å²) < 4.78 is 11.7. The van der Waals surface area contributed by atoms with Crippen LogP contribution in [0.2, 0.25) is 0 Å². The molecular formula is C28H29NO3. The number of rotatable bonds is 8. The average Bonchev–Trinajstić information content (AvgIpc) is 2.78. The number of hydrogen-bond acceptors (Lipinski definition) is 4. The molecule has 0 N–H and O–H groups in total. The van der Waals surface area contributed by atoms with Gasteiger partial charge in [-0.15, -0.1) is 0 Å². The Morgan fingerprint density at radius 2 is 1.81 bits per heavy atom. The summed E-state index contributed by atoms with van der Waals surface area (Å²) in [5, 5.41) is 9.08. The van der Waals surface area contributed by atoms with Gasteiger partial charge in [-0.3, -0.25) is 4.79 Å². The number of nitrogens with zero attached hydrogens (tertiary/aromatic N) is 1. The summed E-state index contributed by atoms with van der Waals surface area (Å²) in [6.07, 6.45) is 2.94. The Hall–Kier alpha value is -3.58. The molecule has 164 valence electrons. The van der Waals surface area contributed by atoms with E-state index in [-0.39, 0.29) is 12.1 Å². The van der Waals surface area contributed by atoms with Gasteiger partial charge in [-0.2, -0.15) is 5.26 Å². The van der Waals surface area contributed by atoms with Crippen molar-refractivity contribution in [2.75, 3.05) is 0 Å². The second-order valence-corrected chi connectivity index (χ2v) is 7.98. The first-order valence-electron chi connectivity index (χ1n) is 11.0. The third-order valence-electron chi connectivity index (χ3n) is 5.55. The van der Waals surface area contributed by atoms with Crippen molar-refractivity contribution in [3.8, 4) is 28.7 Å². The maximum Gasteiger partial charge on any atom is 0.308 e. The number of esters is 1. The third-order valence-corrected chi connectivity index (χ3v) is 5.55. The summed E-state index contributed by atoms with van der Waals surface area (Å²) in [7, 11) is 0. The Balaban J connectivity index is 1.93. The molecule has 0 amide bonds. The van der Waals surface area contributed by atoms with Crippen molar-refractivity contribution in [2.45, 2.75) is 53.1 Å². The molecule has 0 aliphatic rings. The normalized spacial score (nSPS) is 11.5. The molecule has 3 rings (SSSR count). The van der Waals surface area contributed by atoms with Crippen molar-refractivity contribution in [1.29, 1.82) is 5.26 Å². The fourth-order valence-electron chi connectivity index (χ4n) is 3.84. The van der Waals surface area contributed by atoms with E-state index in [1.165, 1.54) is 12.5 Å². The first kappa shape index (κ1) is 23.1. The van der Waals surface area contributed by atoms with E-state index in [2.05, 4.69) is 38.1 Å². The lowest BCUT2D eigenvalue weighted by Crippen LogP contribution is -2.10. The number of nitriles is 1. The van der Waals surface area contributed by atoms with Gasteiger partial charge in [0.25, 0.3) is 0 Å². The predicted molar refractivity (Wildman–Crippen MR) is 127 cm³/mol. The standard InChI is InChI=1S/C28H29NO3/c1-5-6-10-28(32-24-15-16-27(19(2)17-24)31-21(4)30)26-9-7-8-25(20(26)3)23-13-11-22(18-29)12-14-23/h7-9,11-17,28H,5-6,10H2,1-4H3. The number of carbonyl (C=O) groups is 1. The van der Waals surface area contributed by atoms with Crippen LogP contribution < -0.4 is 9.47 Å². The van der Waals surface area contributed by atoms with Crippen molar-refractivity contribution >= 4 is 5.97 Å². The Morgan fingerprint density at radius 3 is 2.44 bits per heavy atom. The Bertz CT molecular complexity index is 1130. The lowest BCUT2D eigenvalue weighted by molar-refractivity contribution is -0.131. The Kier molecular flexibility index (Phi) is 7.68. The summed E-state index contributed by atoms with van der Waals surface area (Å²) in [6.45, 7) is 7.60. The fraction of sp³-hybridized carbons (Fsp3) is 0.286. The van der Waals surface area contributed by atoms with Crippen LogP contribution in [-0.2, 0) is 4.79 Å². The van der Waals surface area contributed by atoms with Crippen molar-refractivity contribution in [3.05, 3.63) is 82.9 Å². The third kappa shape index (κ3) is 5.56. The monoisotopic (exact) mass is 427 g/mol. The van der Waals surface area contributed by atoms with Crippen molar-refractivity contribution < 1.29 is 14.3 Å². The molecule has 4 nitrogen and oxygen atoms in total. The molecule has 0 aliphatic heterocycles. The second-order valence-electron chi connectivity index (χ2n) is 7.98. The maximum atomic E-state index is 11.3. The molecule has 1 unspecified atom stereocenters. The molecule has 3 aromatic rings. The van der Waals surface area contributed by atoms with Crippen molar-refractivity contribution in [3.63, 3.8) is 0 Å². The molecule has 0 bridgehead atoms. The van der Waals surface area contributed by atoms with Crippen LogP contribution in [0, 0.1) is 25.2 Å². The van der Waals surface area contributed by atoms with E-state index in [0.717, 1.165) is 47.3 Å². The minimum Gasteiger partial charge on any atom is -0.486 e. The highest BCUT2D eigenvalue weighted by Gasteiger charge is 2.18. The summed E-state index contributed by atoms with van der Waals surface area (Å²) in [5.74, 6) is 0.967. The highest BCUT2D eigenvalue weighted by molar-refractivity contribution is 5.70. The van der Waals surface area contributed by atoms with E-state index in [1.54, 1.807) is 6.07 Å². The Morgan fingerprint density at radius 1 is 1.06 bits per heavy atom. The molecule has 0 heterocycles. The minimum atomic E-state index is -0.335. The van der Waals surface area contributed by atoms with E-state index in [9.17, 15) is 4.79 Å². The lowest BCUT2D eigenvalue weighted by Gasteiger charge is -2.23. The van der Waals surface area contributed by atoms with Crippen LogP contribution in [0.3, 0.4) is 0 Å². The van der Waals surface area contributed by atoms with Gasteiger partial charge < -0.3 is 9.47 Å². The van der Waals surface area contributed by atoms with Crippen LogP contribution in [0.15, 0.2) is 60.7 Å². The van der Waals surface area contributed by atoms with Gasteiger partial charge in [0.15, 0.2) is 0 Å². The highest BCUT2D eigenvalue weighted by Crippen LogP contribution is 2.35. The largest absolute Gasteiger partial charge is 0.486 e. The number of unbranched alkanes of at least 4 members (excludes halogenated alkanes) is 1. The minimum absolute atomic E-state index is 0.0905. The zero-order chi connectivity index (χ0) is 23.1. The zero-order valence-electron chi connectivity index (χ0n) is 19.1. The molecule has 0 saturated heterocycles. The number of carbonyl (C=O) groups excluding carboxylic acids is 1. The quantitative estimate of drug-likeness (QED) is 0.285. The van der Waals surface area contributed by atoms with Crippen LogP contribution in [0.25, 0.3) is 11.1 Å². The second kappa shape index (κ2) is 10.6. The van der Waals surface area contributed by atoms with Crippen LogP contribution in [0.5, 0.6) is 11.5 Å². The van der Waals surface area contributed by atoms with Gasteiger partial charge in [0.05, 0.1) is 11.6 Å². The molecule has 0 spiro atoms. The maximum absolute atomic E-state index is 11.3. The Labute approximate surface area is 190 Å². The lowest BCUT2D eigenvalue weighted by atomic mass is 9.92. The number of benzene rings is 3. The molecular weight excluding hydrogens is 398 g/mol. The predicted octanol–water partition coefficient (Wildman–Crippen LogP) is 7.08. The summed E-state index contributed by atoms with van der Waals surface area (Å²) in [5.41, 5.74) is 6.06. The SMILES string of the molecule is CCCCC(Oc1ccc(OC(C)=O)c(C)c1)c1cccc(-c2ccc(C#N)cc2)c1C.